The Morgan fingerprint density at radius 2 is 2.21 bits per heavy atom. The van der Waals surface area contributed by atoms with Crippen LogP contribution in [-0.4, -0.2) is 15.8 Å². The standard InChI is InChI=1S/C11H14N2O/c1-6-4-9(6)11-12-5-10(8(3)14)7(2)13-11/h5-6,9H,4H2,1-3H3. The van der Waals surface area contributed by atoms with E-state index in [2.05, 4.69) is 16.9 Å². The van der Waals surface area contributed by atoms with Crippen molar-refractivity contribution in [3.05, 3.63) is 23.3 Å². The number of hydrogen-bond acceptors (Lipinski definition) is 3. The number of ketones is 1. The van der Waals surface area contributed by atoms with Gasteiger partial charge in [-0.25, -0.2) is 9.97 Å². The molecule has 1 aromatic heterocycles. The zero-order valence-corrected chi connectivity index (χ0v) is 8.74. The molecule has 1 saturated carbocycles. The molecule has 1 fully saturated rings. The van der Waals surface area contributed by atoms with Crippen molar-refractivity contribution in [1.29, 1.82) is 0 Å². The molecule has 1 aliphatic carbocycles. The second-order valence-electron chi connectivity index (χ2n) is 4.10. The fourth-order valence-corrected chi connectivity index (χ4v) is 1.69. The minimum atomic E-state index is 0.0397. The summed E-state index contributed by atoms with van der Waals surface area (Å²) in [6, 6.07) is 0. The quantitative estimate of drug-likeness (QED) is 0.671. The summed E-state index contributed by atoms with van der Waals surface area (Å²) < 4.78 is 0. The molecule has 0 spiro atoms. The molecule has 0 aromatic carbocycles. The molecule has 1 heterocycles. The maximum atomic E-state index is 11.1. The minimum absolute atomic E-state index is 0.0397. The van der Waals surface area contributed by atoms with Crippen molar-refractivity contribution in [2.75, 3.05) is 0 Å². The number of nitrogens with zero attached hydrogens (tertiary/aromatic N) is 2. The summed E-state index contributed by atoms with van der Waals surface area (Å²) in [7, 11) is 0. The molecule has 1 aromatic rings. The van der Waals surface area contributed by atoms with Crippen molar-refractivity contribution in [2.45, 2.75) is 33.1 Å². The van der Waals surface area contributed by atoms with Gasteiger partial charge in [0.25, 0.3) is 0 Å². The van der Waals surface area contributed by atoms with Crippen LogP contribution in [0.4, 0.5) is 0 Å². The Labute approximate surface area is 83.6 Å². The molecule has 0 aliphatic heterocycles. The van der Waals surface area contributed by atoms with Crippen LogP contribution in [0, 0.1) is 12.8 Å². The topological polar surface area (TPSA) is 42.9 Å². The lowest BCUT2D eigenvalue weighted by Crippen LogP contribution is -2.03. The van der Waals surface area contributed by atoms with E-state index < -0.39 is 0 Å². The van der Waals surface area contributed by atoms with Crippen molar-refractivity contribution in [3.8, 4) is 0 Å². The lowest BCUT2D eigenvalue weighted by Gasteiger charge is -2.02. The first-order valence-electron chi connectivity index (χ1n) is 4.94. The average molecular weight is 190 g/mol. The average Bonchev–Trinajstić information content (AvgIpc) is 2.81. The number of hydrogen-bond donors (Lipinski definition) is 0. The van der Waals surface area contributed by atoms with Crippen molar-refractivity contribution < 1.29 is 4.79 Å². The van der Waals surface area contributed by atoms with Crippen molar-refractivity contribution in [3.63, 3.8) is 0 Å². The summed E-state index contributed by atoms with van der Waals surface area (Å²) in [5, 5.41) is 0. The highest BCUT2D eigenvalue weighted by molar-refractivity contribution is 5.94. The summed E-state index contributed by atoms with van der Waals surface area (Å²) in [5.74, 6) is 2.17. The van der Waals surface area contributed by atoms with E-state index in [1.54, 1.807) is 13.1 Å². The summed E-state index contributed by atoms with van der Waals surface area (Å²) in [4.78, 5) is 19.8. The van der Waals surface area contributed by atoms with Crippen LogP contribution in [0.25, 0.3) is 0 Å². The van der Waals surface area contributed by atoms with Crippen LogP contribution >= 0.6 is 0 Å². The van der Waals surface area contributed by atoms with E-state index in [0.29, 0.717) is 17.4 Å². The first kappa shape index (κ1) is 9.31. The maximum Gasteiger partial charge on any atom is 0.163 e. The number of aryl methyl sites for hydroxylation is 1. The van der Waals surface area contributed by atoms with Crippen molar-refractivity contribution in [2.24, 2.45) is 5.92 Å². The van der Waals surface area contributed by atoms with Gasteiger partial charge in [-0.1, -0.05) is 6.92 Å². The van der Waals surface area contributed by atoms with Gasteiger partial charge in [-0.2, -0.15) is 0 Å². The van der Waals surface area contributed by atoms with Gasteiger partial charge in [0.15, 0.2) is 5.78 Å². The molecule has 1 aliphatic rings. The Bertz CT molecular complexity index is 387. The van der Waals surface area contributed by atoms with Crippen molar-refractivity contribution >= 4 is 5.78 Å². The smallest absolute Gasteiger partial charge is 0.163 e. The van der Waals surface area contributed by atoms with Gasteiger partial charge < -0.3 is 0 Å². The largest absolute Gasteiger partial charge is 0.294 e. The Balaban J connectivity index is 2.31. The third-order valence-electron chi connectivity index (χ3n) is 2.82. The number of aromatic nitrogens is 2. The Kier molecular flexibility index (Phi) is 2.10. The predicted molar refractivity (Wildman–Crippen MR) is 53.3 cm³/mol. The van der Waals surface area contributed by atoms with E-state index in [-0.39, 0.29) is 5.78 Å². The molecule has 0 radical (unpaired) electrons. The molecule has 74 valence electrons. The first-order chi connectivity index (χ1) is 6.59. The normalized spacial score (nSPS) is 24.8. The number of rotatable bonds is 2. The molecule has 0 saturated heterocycles. The highest BCUT2D eigenvalue weighted by Gasteiger charge is 2.36. The summed E-state index contributed by atoms with van der Waals surface area (Å²) in [6.45, 7) is 5.61. The Morgan fingerprint density at radius 1 is 1.57 bits per heavy atom. The van der Waals surface area contributed by atoms with Crippen LogP contribution in [0.2, 0.25) is 0 Å². The lowest BCUT2D eigenvalue weighted by molar-refractivity contribution is 0.101. The van der Waals surface area contributed by atoms with Crippen LogP contribution in [0.5, 0.6) is 0 Å². The molecule has 3 nitrogen and oxygen atoms in total. The van der Waals surface area contributed by atoms with Gasteiger partial charge in [0.1, 0.15) is 5.82 Å². The summed E-state index contributed by atoms with van der Waals surface area (Å²) >= 11 is 0. The molecule has 0 N–H and O–H groups in total. The van der Waals surface area contributed by atoms with Gasteiger partial charge in [-0.15, -0.1) is 0 Å². The van der Waals surface area contributed by atoms with Crippen LogP contribution in [0.1, 0.15) is 48.1 Å². The third kappa shape index (κ3) is 1.54. The summed E-state index contributed by atoms with van der Waals surface area (Å²) in [5.41, 5.74) is 1.45. The third-order valence-corrected chi connectivity index (χ3v) is 2.82. The molecule has 2 rings (SSSR count). The van der Waals surface area contributed by atoms with E-state index >= 15 is 0 Å². The number of carbonyl (C=O) groups excluding carboxylic acids is 1. The minimum Gasteiger partial charge on any atom is -0.294 e. The van der Waals surface area contributed by atoms with E-state index in [0.717, 1.165) is 11.5 Å². The fraction of sp³-hybridized carbons (Fsp3) is 0.545. The Morgan fingerprint density at radius 3 is 2.64 bits per heavy atom. The van der Waals surface area contributed by atoms with E-state index in [9.17, 15) is 4.79 Å². The highest BCUT2D eigenvalue weighted by atomic mass is 16.1. The van der Waals surface area contributed by atoms with Gasteiger partial charge in [0, 0.05) is 12.1 Å². The molecule has 3 heteroatoms. The summed E-state index contributed by atoms with van der Waals surface area (Å²) in [6.07, 6.45) is 2.84. The van der Waals surface area contributed by atoms with Gasteiger partial charge in [0.2, 0.25) is 0 Å². The second kappa shape index (κ2) is 3.15. The Hall–Kier alpha value is -1.25. The van der Waals surface area contributed by atoms with Crippen LogP contribution < -0.4 is 0 Å². The van der Waals surface area contributed by atoms with Gasteiger partial charge in [0.05, 0.1) is 11.3 Å². The van der Waals surface area contributed by atoms with Gasteiger partial charge in [-0.3, -0.25) is 4.79 Å². The zero-order valence-electron chi connectivity index (χ0n) is 8.74. The van der Waals surface area contributed by atoms with Crippen LogP contribution in [-0.2, 0) is 0 Å². The van der Waals surface area contributed by atoms with E-state index in [4.69, 9.17) is 0 Å². The molecule has 0 bridgehead atoms. The highest BCUT2D eigenvalue weighted by Crippen LogP contribution is 2.45. The zero-order chi connectivity index (χ0) is 10.3. The SMILES string of the molecule is CC(=O)c1cnc(C2CC2C)nc1C. The second-order valence-corrected chi connectivity index (χ2v) is 4.10. The molecular formula is C11H14N2O. The van der Waals surface area contributed by atoms with Crippen LogP contribution in [0.3, 0.4) is 0 Å². The van der Waals surface area contributed by atoms with Gasteiger partial charge >= 0.3 is 0 Å². The predicted octanol–water partition coefficient (Wildman–Crippen LogP) is 2.11. The van der Waals surface area contributed by atoms with Crippen LogP contribution in [0.15, 0.2) is 6.20 Å². The van der Waals surface area contributed by atoms with Crippen molar-refractivity contribution in [1.82, 2.24) is 9.97 Å². The molecule has 14 heavy (non-hydrogen) atoms. The molecule has 0 amide bonds. The molecule has 2 unspecified atom stereocenters. The van der Waals surface area contributed by atoms with E-state index in [1.165, 1.54) is 6.42 Å². The first-order valence-corrected chi connectivity index (χ1v) is 4.94. The number of carbonyl (C=O) groups is 1. The monoisotopic (exact) mass is 190 g/mol. The fourth-order valence-electron chi connectivity index (χ4n) is 1.69. The van der Waals surface area contributed by atoms with E-state index in [1.807, 2.05) is 6.92 Å². The molecular weight excluding hydrogens is 176 g/mol. The lowest BCUT2D eigenvalue weighted by atomic mass is 10.2. The maximum absolute atomic E-state index is 11.1. The molecule has 2 atom stereocenters. The number of Topliss-reactive ketones (excluding diaryl/α,β-unsaturated/α-hetero) is 1. The van der Waals surface area contributed by atoms with Gasteiger partial charge in [-0.05, 0) is 26.2 Å².